The van der Waals surface area contributed by atoms with Gasteiger partial charge < -0.3 is 9.32 Å². The van der Waals surface area contributed by atoms with Gasteiger partial charge in [0.2, 0.25) is 5.91 Å². The van der Waals surface area contributed by atoms with E-state index in [-0.39, 0.29) is 35.2 Å². The van der Waals surface area contributed by atoms with Crippen molar-refractivity contribution in [2.45, 2.75) is 49.4 Å². The number of benzene rings is 1. The molecule has 2 heterocycles. The van der Waals surface area contributed by atoms with Gasteiger partial charge in [-0.05, 0) is 31.4 Å². The van der Waals surface area contributed by atoms with Gasteiger partial charge in [-0.2, -0.15) is 0 Å². The SMILES string of the molecule is O=C(CSc1nc2ccc(Cl)cc2o1)N(C1CCCC1)C1CCS(=O)(=O)C1. The van der Waals surface area contributed by atoms with Crippen LogP contribution in [0.4, 0.5) is 0 Å². The van der Waals surface area contributed by atoms with E-state index < -0.39 is 9.84 Å². The standard InChI is InChI=1S/C18H21ClN2O4S2/c19-12-5-6-15-16(9-12)25-18(20-15)26-10-17(22)21(13-3-1-2-4-13)14-7-8-27(23,24)11-14/h5-6,9,13-14H,1-4,7-8,10-11H2. The predicted molar refractivity (Wildman–Crippen MR) is 106 cm³/mol. The molecule has 1 aromatic carbocycles. The molecule has 0 radical (unpaired) electrons. The second kappa shape index (κ2) is 7.64. The fraction of sp³-hybridized carbons (Fsp3) is 0.556. The Bertz CT molecular complexity index is 953. The van der Waals surface area contributed by atoms with Crippen LogP contribution in [0.2, 0.25) is 5.02 Å². The van der Waals surface area contributed by atoms with E-state index in [0.717, 1.165) is 25.7 Å². The molecule has 2 fully saturated rings. The summed E-state index contributed by atoms with van der Waals surface area (Å²) in [6.07, 6.45) is 4.62. The topological polar surface area (TPSA) is 80.5 Å². The lowest BCUT2D eigenvalue weighted by atomic mass is 10.1. The minimum absolute atomic E-state index is 0.0331. The summed E-state index contributed by atoms with van der Waals surface area (Å²) in [7, 11) is -3.04. The Hall–Kier alpha value is -1.25. The molecule has 1 aromatic heterocycles. The van der Waals surface area contributed by atoms with Crippen LogP contribution in [-0.4, -0.2) is 53.6 Å². The summed E-state index contributed by atoms with van der Waals surface area (Å²) in [4.78, 5) is 19.2. The van der Waals surface area contributed by atoms with Crippen molar-refractivity contribution in [2.24, 2.45) is 0 Å². The van der Waals surface area contributed by atoms with Crippen LogP contribution >= 0.6 is 23.4 Å². The van der Waals surface area contributed by atoms with Gasteiger partial charge in [-0.1, -0.05) is 36.2 Å². The summed E-state index contributed by atoms with van der Waals surface area (Å²) in [5.74, 6) is 0.413. The van der Waals surface area contributed by atoms with Gasteiger partial charge in [0, 0.05) is 23.2 Å². The number of rotatable bonds is 5. The van der Waals surface area contributed by atoms with E-state index in [1.54, 1.807) is 18.2 Å². The maximum Gasteiger partial charge on any atom is 0.257 e. The second-order valence-electron chi connectivity index (χ2n) is 7.18. The van der Waals surface area contributed by atoms with Crippen molar-refractivity contribution in [2.75, 3.05) is 17.3 Å². The average Bonchev–Trinajstić information content (AvgIpc) is 3.33. The fourth-order valence-corrected chi connectivity index (χ4v) is 6.60. The van der Waals surface area contributed by atoms with Gasteiger partial charge in [0.1, 0.15) is 5.52 Å². The number of thioether (sulfide) groups is 1. The first kappa shape index (κ1) is 19.1. The highest BCUT2D eigenvalue weighted by Gasteiger charge is 2.38. The molecule has 27 heavy (non-hydrogen) atoms. The summed E-state index contributed by atoms with van der Waals surface area (Å²) < 4.78 is 29.5. The number of hydrogen-bond donors (Lipinski definition) is 0. The Balaban J connectivity index is 1.47. The third-order valence-electron chi connectivity index (χ3n) is 5.26. The quantitative estimate of drug-likeness (QED) is 0.677. The highest BCUT2D eigenvalue weighted by molar-refractivity contribution is 7.99. The van der Waals surface area contributed by atoms with Gasteiger partial charge in [0.25, 0.3) is 5.22 Å². The van der Waals surface area contributed by atoms with E-state index in [0.29, 0.717) is 27.8 Å². The van der Waals surface area contributed by atoms with Crippen molar-refractivity contribution in [1.29, 1.82) is 0 Å². The monoisotopic (exact) mass is 428 g/mol. The minimum Gasteiger partial charge on any atom is -0.431 e. The normalized spacial score (nSPS) is 22.5. The molecule has 4 rings (SSSR count). The first-order valence-corrected chi connectivity index (χ1v) is 12.3. The zero-order valence-electron chi connectivity index (χ0n) is 14.8. The van der Waals surface area contributed by atoms with Crippen LogP contribution in [0.3, 0.4) is 0 Å². The highest BCUT2D eigenvalue weighted by Crippen LogP contribution is 2.31. The Morgan fingerprint density at radius 2 is 2.04 bits per heavy atom. The summed E-state index contributed by atoms with van der Waals surface area (Å²) in [6.45, 7) is 0. The molecule has 1 unspecified atom stereocenters. The van der Waals surface area contributed by atoms with Crippen LogP contribution < -0.4 is 0 Å². The molecule has 2 aliphatic rings. The molecule has 1 amide bonds. The predicted octanol–water partition coefficient (Wildman–Crippen LogP) is 3.53. The van der Waals surface area contributed by atoms with Crippen LogP contribution in [0.15, 0.2) is 27.8 Å². The summed E-state index contributed by atoms with van der Waals surface area (Å²) in [6, 6.07) is 5.17. The smallest absolute Gasteiger partial charge is 0.257 e. The van der Waals surface area contributed by atoms with Crippen LogP contribution in [-0.2, 0) is 14.6 Å². The van der Waals surface area contributed by atoms with Gasteiger partial charge >= 0.3 is 0 Å². The highest BCUT2D eigenvalue weighted by atomic mass is 35.5. The van der Waals surface area contributed by atoms with E-state index in [9.17, 15) is 13.2 Å². The third kappa shape index (κ3) is 4.27. The van der Waals surface area contributed by atoms with E-state index in [4.69, 9.17) is 16.0 Å². The maximum absolute atomic E-state index is 13.0. The zero-order chi connectivity index (χ0) is 19.0. The fourth-order valence-electron chi connectivity index (χ4n) is 4.02. The van der Waals surface area contributed by atoms with Crippen molar-refractivity contribution < 1.29 is 17.6 Å². The third-order valence-corrected chi connectivity index (χ3v) is 8.06. The summed E-state index contributed by atoms with van der Waals surface area (Å²) >= 11 is 7.21. The summed E-state index contributed by atoms with van der Waals surface area (Å²) in [5, 5.41) is 0.993. The van der Waals surface area contributed by atoms with Gasteiger partial charge in [-0.3, -0.25) is 4.79 Å². The molecule has 9 heteroatoms. The number of sulfone groups is 1. The Morgan fingerprint density at radius 1 is 1.26 bits per heavy atom. The number of carbonyl (C=O) groups excluding carboxylic acids is 1. The molecule has 1 aliphatic carbocycles. The minimum atomic E-state index is -3.04. The van der Waals surface area contributed by atoms with Crippen molar-refractivity contribution in [3.8, 4) is 0 Å². The van der Waals surface area contributed by atoms with Gasteiger partial charge in [0.05, 0.1) is 17.3 Å². The van der Waals surface area contributed by atoms with Crippen LogP contribution in [0, 0.1) is 0 Å². The molecule has 1 aliphatic heterocycles. The number of amides is 1. The first-order chi connectivity index (χ1) is 12.9. The first-order valence-electron chi connectivity index (χ1n) is 9.12. The van der Waals surface area contributed by atoms with Crippen molar-refractivity contribution in [1.82, 2.24) is 9.88 Å². The van der Waals surface area contributed by atoms with E-state index in [1.165, 1.54) is 11.8 Å². The Labute approximate surface area is 167 Å². The van der Waals surface area contributed by atoms with Crippen molar-refractivity contribution >= 4 is 50.2 Å². The van der Waals surface area contributed by atoms with E-state index in [1.807, 2.05) is 4.90 Å². The Morgan fingerprint density at radius 3 is 2.74 bits per heavy atom. The molecule has 0 spiro atoms. The molecule has 1 saturated heterocycles. The van der Waals surface area contributed by atoms with Crippen LogP contribution in [0.25, 0.3) is 11.1 Å². The van der Waals surface area contributed by atoms with Crippen molar-refractivity contribution in [3.63, 3.8) is 0 Å². The number of aromatic nitrogens is 1. The number of fused-ring (bicyclic) bond motifs is 1. The number of oxazole rings is 1. The molecule has 0 N–H and O–H groups in total. The largest absolute Gasteiger partial charge is 0.431 e. The molecule has 2 aromatic rings. The lowest BCUT2D eigenvalue weighted by Gasteiger charge is -2.34. The molecular formula is C18H21ClN2O4S2. The average molecular weight is 429 g/mol. The number of nitrogens with zero attached hydrogens (tertiary/aromatic N) is 2. The van der Waals surface area contributed by atoms with E-state index in [2.05, 4.69) is 4.98 Å². The maximum atomic E-state index is 13.0. The van der Waals surface area contributed by atoms with Crippen molar-refractivity contribution in [3.05, 3.63) is 23.2 Å². The molecule has 1 atom stereocenters. The molecule has 146 valence electrons. The number of carbonyl (C=O) groups is 1. The number of hydrogen-bond acceptors (Lipinski definition) is 6. The van der Waals surface area contributed by atoms with Gasteiger partial charge in [-0.25, -0.2) is 13.4 Å². The van der Waals surface area contributed by atoms with Gasteiger partial charge in [0.15, 0.2) is 15.4 Å². The van der Waals surface area contributed by atoms with Gasteiger partial charge in [-0.15, -0.1) is 0 Å². The molecular weight excluding hydrogens is 408 g/mol. The lowest BCUT2D eigenvalue weighted by molar-refractivity contribution is -0.132. The second-order valence-corrected chi connectivity index (χ2v) is 10.8. The van der Waals surface area contributed by atoms with Crippen LogP contribution in [0.5, 0.6) is 0 Å². The zero-order valence-corrected chi connectivity index (χ0v) is 17.2. The van der Waals surface area contributed by atoms with E-state index >= 15 is 0 Å². The van der Waals surface area contributed by atoms with Crippen LogP contribution in [0.1, 0.15) is 32.1 Å². The summed E-state index contributed by atoms with van der Waals surface area (Å²) in [5.41, 5.74) is 1.29. The lowest BCUT2D eigenvalue weighted by Crippen LogP contribution is -2.47. The molecule has 0 bridgehead atoms. The molecule has 1 saturated carbocycles. The Kier molecular flexibility index (Phi) is 5.40. The molecule has 6 nitrogen and oxygen atoms in total. The number of halogens is 1.